The van der Waals surface area contributed by atoms with Gasteiger partial charge in [-0.05, 0) is 55.8 Å². The molecular formula is C14H19ClFN. The Hall–Kier alpha value is -0.600. The van der Waals surface area contributed by atoms with E-state index in [0.29, 0.717) is 12.0 Å². The van der Waals surface area contributed by atoms with Gasteiger partial charge in [-0.1, -0.05) is 24.6 Å². The van der Waals surface area contributed by atoms with E-state index in [0.717, 1.165) is 17.9 Å². The molecule has 1 nitrogen and oxygen atoms in total. The maximum atomic E-state index is 13.1. The fourth-order valence-corrected chi connectivity index (χ4v) is 2.63. The first-order valence-electron chi connectivity index (χ1n) is 6.23. The first-order valence-corrected chi connectivity index (χ1v) is 6.60. The third kappa shape index (κ3) is 3.20. The van der Waals surface area contributed by atoms with E-state index >= 15 is 0 Å². The zero-order valence-corrected chi connectivity index (χ0v) is 11.1. The van der Waals surface area contributed by atoms with Crippen molar-refractivity contribution in [1.82, 2.24) is 5.32 Å². The van der Waals surface area contributed by atoms with Crippen LogP contribution in [0.1, 0.15) is 25.3 Å². The van der Waals surface area contributed by atoms with Crippen molar-refractivity contribution in [3.63, 3.8) is 0 Å². The molecule has 1 fully saturated rings. The molecule has 2 atom stereocenters. The molecule has 2 unspecified atom stereocenters. The lowest BCUT2D eigenvalue weighted by molar-refractivity contribution is 0.357. The Balaban J connectivity index is 2.04. The molecule has 94 valence electrons. The number of hydrogen-bond acceptors (Lipinski definition) is 1. The van der Waals surface area contributed by atoms with Gasteiger partial charge >= 0.3 is 0 Å². The predicted molar refractivity (Wildman–Crippen MR) is 69.8 cm³/mol. The summed E-state index contributed by atoms with van der Waals surface area (Å²) in [5.41, 5.74) is 1.10. The Labute approximate surface area is 107 Å². The van der Waals surface area contributed by atoms with E-state index < -0.39 is 0 Å². The van der Waals surface area contributed by atoms with Crippen LogP contribution in [0, 0.1) is 17.7 Å². The lowest BCUT2D eigenvalue weighted by atomic mass is 9.91. The fourth-order valence-electron chi connectivity index (χ4n) is 2.42. The molecule has 1 aromatic carbocycles. The summed E-state index contributed by atoms with van der Waals surface area (Å²) in [6.07, 6.45) is 3.61. The summed E-state index contributed by atoms with van der Waals surface area (Å²) in [7, 11) is 1.99. The Morgan fingerprint density at radius 3 is 2.71 bits per heavy atom. The highest BCUT2D eigenvalue weighted by Crippen LogP contribution is 2.38. The van der Waals surface area contributed by atoms with Crippen LogP contribution >= 0.6 is 11.6 Å². The molecule has 0 saturated heterocycles. The highest BCUT2D eigenvalue weighted by Gasteiger charge is 2.32. The van der Waals surface area contributed by atoms with Crippen molar-refractivity contribution in [2.45, 2.75) is 32.2 Å². The van der Waals surface area contributed by atoms with Crippen molar-refractivity contribution in [3.05, 3.63) is 34.6 Å². The molecule has 1 aromatic rings. The maximum absolute atomic E-state index is 13.1. The van der Waals surface area contributed by atoms with Crippen molar-refractivity contribution < 1.29 is 4.39 Å². The van der Waals surface area contributed by atoms with Gasteiger partial charge in [0.05, 0.1) is 5.02 Å². The quantitative estimate of drug-likeness (QED) is 0.847. The van der Waals surface area contributed by atoms with Crippen LogP contribution in [-0.2, 0) is 6.42 Å². The second kappa shape index (κ2) is 5.36. The second-order valence-corrected chi connectivity index (χ2v) is 5.45. The summed E-state index contributed by atoms with van der Waals surface area (Å²) in [6, 6.07) is 5.46. The van der Waals surface area contributed by atoms with E-state index in [2.05, 4.69) is 12.2 Å². The zero-order valence-electron chi connectivity index (χ0n) is 10.3. The first-order chi connectivity index (χ1) is 8.11. The molecular weight excluding hydrogens is 237 g/mol. The predicted octanol–water partition coefficient (Wildman–Crippen LogP) is 3.66. The normalized spacial score (nSPS) is 19.1. The van der Waals surface area contributed by atoms with Gasteiger partial charge in [-0.25, -0.2) is 4.39 Å². The van der Waals surface area contributed by atoms with Crippen molar-refractivity contribution >= 4 is 11.6 Å². The minimum atomic E-state index is -0.341. The summed E-state index contributed by atoms with van der Waals surface area (Å²) in [5, 5.41) is 3.59. The fraction of sp³-hybridized carbons (Fsp3) is 0.571. The smallest absolute Gasteiger partial charge is 0.141 e. The van der Waals surface area contributed by atoms with Crippen molar-refractivity contribution in [3.8, 4) is 0 Å². The largest absolute Gasteiger partial charge is 0.316 e. The summed E-state index contributed by atoms with van der Waals surface area (Å²) < 4.78 is 13.1. The molecule has 1 aliphatic rings. The topological polar surface area (TPSA) is 12.0 Å². The van der Waals surface area contributed by atoms with Gasteiger partial charge in [0, 0.05) is 6.04 Å². The molecule has 1 N–H and O–H groups in total. The molecule has 0 heterocycles. The highest BCUT2D eigenvalue weighted by atomic mass is 35.5. The SMILES string of the molecule is CNC(Cc1ccc(F)c(Cl)c1)C(C)C1CC1. The van der Waals surface area contributed by atoms with Gasteiger partial charge in [0.25, 0.3) is 0 Å². The summed E-state index contributed by atoms with van der Waals surface area (Å²) in [6.45, 7) is 2.30. The van der Waals surface area contributed by atoms with Crippen LogP contribution < -0.4 is 5.32 Å². The van der Waals surface area contributed by atoms with E-state index in [1.165, 1.54) is 18.9 Å². The molecule has 0 aliphatic heterocycles. The molecule has 3 heteroatoms. The van der Waals surface area contributed by atoms with Crippen LogP contribution in [0.3, 0.4) is 0 Å². The minimum absolute atomic E-state index is 0.219. The Morgan fingerprint density at radius 1 is 1.47 bits per heavy atom. The van der Waals surface area contributed by atoms with Crippen LogP contribution in [0.25, 0.3) is 0 Å². The third-order valence-corrected chi connectivity index (χ3v) is 4.10. The lowest BCUT2D eigenvalue weighted by Crippen LogP contribution is -2.35. The molecule has 17 heavy (non-hydrogen) atoms. The van der Waals surface area contributed by atoms with Gasteiger partial charge < -0.3 is 5.32 Å². The van der Waals surface area contributed by atoms with Crippen LogP contribution in [0.15, 0.2) is 18.2 Å². The van der Waals surface area contributed by atoms with Crippen LogP contribution in [0.4, 0.5) is 4.39 Å². The lowest BCUT2D eigenvalue weighted by Gasteiger charge is -2.23. The van der Waals surface area contributed by atoms with Gasteiger partial charge in [0.15, 0.2) is 0 Å². The monoisotopic (exact) mass is 255 g/mol. The van der Waals surface area contributed by atoms with Gasteiger partial charge in [-0.2, -0.15) is 0 Å². The van der Waals surface area contributed by atoms with Gasteiger partial charge in [0.2, 0.25) is 0 Å². The number of rotatable bonds is 5. The molecule has 0 spiro atoms. The molecule has 0 amide bonds. The van der Waals surface area contributed by atoms with Crippen molar-refractivity contribution in [2.24, 2.45) is 11.8 Å². The second-order valence-electron chi connectivity index (χ2n) is 5.04. The van der Waals surface area contributed by atoms with E-state index in [9.17, 15) is 4.39 Å². The average Bonchev–Trinajstić information content (AvgIpc) is 3.13. The summed E-state index contributed by atoms with van der Waals surface area (Å²) >= 11 is 5.80. The van der Waals surface area contributed by atoms with Gasteiger partial charge in [-0.3, -0.25) is 0 Å². The molecule has 0 bridgehead atoms. The van der Waals surface area contributed by atoms with Crippen molar-refractivity contribution in [2.75, 3.05) is 7.05 Å². The number of halogens is 2. The van der Waals surface area contributed by atoms with Crippen LogP contribution in [0.2, 0.25) is 5.02 Å². The summed E-state index contributed by atoms with van der Waals surface area (Å²) in [5.74, 6) is 1.19. The zero-order chi connectivity index (χ0) is 12.4. The number of nitrogens with one attached hydrogen (secondary N) is 1. The first kappa shape index (κ1) is 12.8. The molecule has 1 aliphatic carbocycles. The number of likely N-dealkylation sites (N-methyl/N-ethyl adjacent to an activating group) is 1. The molecule has 0 radical (unpaired) electrons. The molecule has 0 aromatic heterocycles. The van der Waals surface area contributed by atoms with E-state index in [1.807, 2.05) is 13.1 Å². The number of hydrogen-bond donors (Lipinski definition) is 1. The van der Waals surface area contributed by atoms with Crippen LogP contribution in [-0.4, -0.2) is 13.1 Å². The van der Waals surface area contributed by atoms with Crippen molar-refractivity contribution in [1.29, 1.82) is 0 Å². The van der Waals surface area contributed by atoms with Gasteiger partial charge in [-0.15, -0.1) is 0 Å². The minimum Gasteiger partial charge on any atom is -0.316 e. The standard InChI is InChI=1S/C14H19ClFN/c1-9(11-4-5-11)14(17-2)8-10-3-6-13(16)12(15)7-10/h3,6-7,9,11,14,17H,4-5,8H2,1-2H3. The average molecular weight is 256 g/mol. The summed E-state index contributed by atoms with van der Waals surface area (Å²) in [4.78, 5) is 0. The van der Waals surface area contributed by atoms with Gasteiger partial charge in [0.1, 0.15) is 5.82 Å². The Bertz CT molecular complexity index is 390. The van der Waals surface area contributed by atoms with E-state index in [4.69, 9.17) is 11.6 Å². The number of benzene rings is 1. The van der Waals surface area contributed by atoms with E-state index in [-0.39, 0.29) is 10.8 Å². The molecule has 2 rings (SSSR count). The van der Waals surface area contributed by atoms with E-state index in [1.54, 1.807) is 6.07 Å². The highest BCUT2D eigenvalue weighted by molar-refractivity contribution is 6.30. The van der Waals surface area contributed by atoms with Crippen LogP contribution in [0.5, 0.6) is 0 Å². The maximum Gasteiger partial charge on any atom is 0.141 e. The molecule has 1 saturated carbocycles. The Kier molecular flexibility index (Phi) is 4.05. The third-order valence-electron chi connectivity index (χ3n) is 3.81. The Morgan fingerprint density at radius 2 is 2.18 bits per heavy atom.